The van der Waals surface area contributed by atoms with Gasteiger partial charge in [0.1, 0.15) is 10.6 Å². The molecule has 22 heavy (non-hydrogen) atoms. The monoisotopic (exact) mass is 348 g/mol. The van der Waals surface area contributed by atoms with E-state index in [0.717, 1.165) is 0 Å². The second kappa shape index (κ2) is 6.82. The third-order valence-electron chi connectivity index (χ3n) is 3.20. The largest absolute Gasteiger partial charge is 0.482 e. The Balaban J connectivity index is 2.22. The summed E-state index contributed by atoms with van der Waals surface area (Å²) >= 11 is 6.00. The molecule has 1 aliphatic rings. The molecule has 0 unspecified atom stereocenters. The quantitative estimate of drug-likeness (QED) is 0.710. The first-order valence-electron chi connectivity index (χ1n) is 6.70. The number of fused-ring (bicyclic) bond motifs is 1. The Morgan fingerprint density at radius 2 is 2.23 bits per heavy atom. The van der Waals surface area contributed by atoms with E-state index in [9.17, 15) is 13.2 Å². The summed E-state index contributed by atoms with van der Waals surface area (Å²) in [4.78, 5) is 11.1. The van der Waals surface area contributed by atoms with E-state index in [1.165, 1.54) is 12.1 Å². The van der Waals surface area contributed by atoms with Gasteiger partial charge in [-0.15, -0.1) is 0 Å². The Hall–Kier alpha value is -1.35. The number of aliphatic hydroxyl groups excluding tert-OH is 1. The van der Waals surface area contributed by atoms with Gasteiger partial charge in [0.25, 0.3) is 5.91 Å². The van der Waals surface area contributed by atoms with Crippen LogP contribution in [0.15, 0.2) is 17.0 Å². The van der Waals surface area contributed by atoms with Crippen molar-refractivity contribution < 1.29 is 23.1 Å². The number of halogens is 1. The molecule has 0 saturated heterocycles. The number of ether oxygens (including phenoxy) is 1. The molecular weight excluding hydrogens is 332 g/mol. The zero-order chi connectivity index (χ0) is 16.3. The van der Waals surface area contributed by atoms with Gasteiger partial charge in [0.05, 0.1) is 10.7 Å². The molecule has 1 aliphatic heterocycles. The fourth-order valence-corrected chi connectivity index (χ4v) is 3.65. The van der Waals surface area contributed by atoms with Crippen molar-refractivity contribution in [3.63, 3.8) is 0 Å². The smallest absolute Gasteiger partial charge is 0.262 e. The van der Waals surface area contributed by atoms with Crippen LogP contribution >= 0.6 is 11.6 Å². The Morgan fingerprint density at radius 1 is 1.50 bits per heavy atom. The normalized spacial score (nSPS) is 15.7. The molecule has 3 N–H and O–H groups in total. The van der Waals surface area contributed by atoms with Crippen molar-refractivity contribution in [2.24, 2.45) is 5.92 Å². The second-order valence-electron chi connectivity index (χ2n) is 5.08. The summed E-state index contributed by atoms with van der Waals surface area (Å²) in [5.41, 5.74) is 0.342. The van der Waals surface area contributed by atoms with E-state index in [4.69, 9.17) is 21.4 Å². The number of carbonyl (C=O) groups excluding carboxylic acids is 1. The van der Waals surface area contributed by atoms with Crippen molar-refractivity contribution in [2.45, 2.75) is 18.2 Å². The number of hydrogen-bond donors (Lipinski definition) is 3. The van der Waals surface area contributed by atoms with Crippen LogP contribution in [0.2, 0.25) is 5.02 Å². The number of sulfonamides is 1. The van der Waals surface area contributed by atoms with Crippen molar-refractivity contribution in [1.29, 1.82) is 0 Å². The highest BCUT2D eigenvalue weighted by molar-refractivity contribution is 7.89. The van der Waals surface area contributed by atoms with Gasteiger partial charge in [-0.3, -0.25) is 4.79 Å². The molecule has 2 rings (SSSR count). The van der Waals surface area contributed by atoms with Crippen LogP contribution in [0.5, 0.6) is 5.75 Å². The minimum atomic E-state index is -3.81. The highest BCUT2D eigenvalue weighted by Crippen LogP contribution is 2.35. The number of aliphatic hydroxyl groups is 1. The summed E-state index contributed by atoms with van der Waals surface area (Å²) in [6.45, 7) is 1.84. The van der Waals surface area contributed by atoms with Crippen molar-refractivity contribution in [1.82, 2.24) is 4.72 Å². The molecule has 0 spiro atoms. The lowest BCUT2D eigenvalue weighted by Gasteiger charge is -2.20. The summed E-state index contributed by atoms with van der Waals surface area (Å²) in [5, 5.41) is 11.4. The van der Waals surface area contributed by atoms with Gasteiger partial charge in [0.2, 0.25) is 10.0 Å². The molecule has 1 heterocycles. The van der Waals surface area contributed by atoms with Crippen LogP contribution in [-0.2, 0) is 14.8 Å². The van der Waals surface area contributed by atoms with Crippen molar-refractivity contribution in [2.75, 3.05) is 25.1 Å². The minimum absolute atomic E-state index is 0.00393. The maximum absolute atomic E-state index is 12.3. The van der Waals surface area contributed by atoms with E-state index in [1.807, 2.05) is 6.92 Å². The average Bonchev–Trinajstić information content (AvgIpc) is 2.44. The lowest BCUT2D eigenvalue weighted by Crippen LogP contribution is -2.30. The number of anilines is 1. The van der Waals surface area contributed by atoms with Gasteiger partial charge in [0.15, 0.2) is 6.61 Å². The highest BCUT2D eigenvalue weighted by atomic mass is 35.5. The first-order chi connectivity index (χ1) is 10.3. The van der Waals surface area contributed by atoms with Gasteiger partial charge in [-0.25, -0.2) is 13.1 Å². The zero-order valence-corrected chi connectivity index (χ0v) is 13.5. The molecule has 0 bridgehead atoms. The van der Waals surface area contributed by atoms with Crippen LogP contribution in [0.1, 0.15) is 13.3 Å². The number of nitrogens with one attached hydrogen (secondary N) is 2. The molecule has 9 heteroatoms. The van der Waals surface area contributed by atoms with E-state index < -0.39 is 10.0 Å². The summed E-state index contributed by atoms with van der Waals surface area (Å²) < 4.78 is 32.3. The molecule has 0 fully saturated rings. The molecule has 1 amide bonds. The van der Waals surface area contributed by atoms with E-state index in [0.29, 0.717) is 12.1 Å². The maximum atomic E-state index is 12.3. The maximum Gasteiger partial charge on any atom is 0.262 e. The first-order valence-corrected chi connectivity index (χ1v) is 8.56. The summed E-state index contributed by atoms with van der Waals surface area (Å²) in [6, 6.07) is 2.63. The Bertz CT molecular complexity index is 677. The average molecular weight is 349 g/mol. The van der Waals surface area contributed by atoms with Crippen LogP contribution in [0.4, 0.5) is 5.69 Å². The van der Waals surface area contributed by atoms with Gasteiger partial charge in [-0.05, 0) is 18.4 Å². The number of benzene rings is 1. The topological polar surface area (TPSA) is 105 Å². The third-order valence-corrected chi connectivity index (χ3v) is 5.09. The molecule has 0 saturated carbocycles. The molecular formula is C13H17ClN2O5S. The van der Waals surface area contributed by atoms with Crippen molar-refractivity contribution >= 4 is 33.2 Å². The predicted octanol–water partition coefficient (Wildman–Crippen LogP) is 0.968. The van der Waals surface area contributed by atoms with E-state index in [-0.39, 0.29) is 47.3 Å². The fourth-order valence-electron chi connectivity index (χ4n) is 1.94. The highest BCUT2D eigenvalue weighted by Gasteiger charge is 2.24. The van der Waals surface area contributed by atoms with Crippen LogP contribution < -0.4 is 14.8 Å². The van der Waals surface area contributed by atoms with Gasteiger partial charge >= 0.3 is 0 Å². The van der Waals surface area contributed by atoms with E-state index >= 15 is 0 Å². The van der Waals surface area contributed by atoms with Crippen LogP contribution in [0, 0.1) is 5.92 Å². The van der Waals surface area contributed by atoms with E-state index in [1.54, 1.807) is 0 Å². The lowest BCUT2D eigenvalue weighted by molar-refractivity contribution is -0.118. The molecule has 1 atom stereocenters. The van der Waals surface area contributed by atoms with Crippen LogP contribution in [-0.4, -0.2) is 39.2 Å². The minimum Gasteiger partial charge on any atom is -0.482 e. The van der Waals surface area contributed by atoms with E-state index in [2.05, 4.69) is 10.0 Å². The standard InChI is InChI=1S/C13H17ClN2O5S/c1-8(2-3-17)6-15-22(19,20)12-5-11-10(4-9(12)14)16-13(18)7-21-11/h4-5,8,15,17H,2-3,6-7H2,1H3,(H,16,18)/t8-/m0/s1. The van der Waals surface area contributed by atoms with Crippen LogP contribution in [0.3, 0.4) is 0 Å². The third kappa shape index (κ3) is 3.89. The molecule has 0 aliphatic carbocycles. The molecule has 1 aromatic rings. The zero-order valence-electron chi connectivity index (χ0n) is 11.9. The lowest BCUT2D eigenvalue weighted by atomic mass is 10.1. The Labute approximate surface area is 133 Å². The van der Waals surface area contributed by atoms with Gasteiger partial charge in [0, 0.05) is 19.2 Å². The molecule has 1 aromatic carbocycles. The summed E-state index contributed by atoms with van der Waals surface area (Å²) in [5.74, 6) is -0.0744. The molecule has 0 radical (unpaired) electrons. The number of carbonyl (C=O) groups is 1. The van der Waals surface area contributed by atoms with Crippen molar-refractivity contribution in [3.05, 3.63) is 17.2 Å². The van der Waals surface area contributed by atoms with Gasteiger partial charge < -0.3 is 15.2 Å². The molecule has 122 valence electrons. The fraction of sp³-hybridized carbons (Fsp3) is 0.462. The second-order valence-corrected chi connectivity index (χ2v) is 7.23. The van der Waals surface area contributed by atoms with Crippen LogP contribution in [0.25, 0.3) is 0 Å². The number of hydrogen-bond acceptors (Lipinski definition) is 5. The SMILES string of the molecule is C[C@@H](CCO)CNS(=O)(=O)c1cc2c(cc1Cl)NC(=O)CO2. The summed E-state index contributed by atoms with van der Waals surface area (Å²) in [6.07, 6.45) is 0.496. The van der Waals surface area contributed by atoms with Crippen molar-refractivity contribution in [3.8, 4) is 5.75 Å². The predicted molar refractivity (Wildman–Crippen MR) is 81.6 cm³/mol. The van der Waals surface area contributed by atoms with Gasteiger partial charge in [-0.1, -0.05) is 18.5 Å². The first kappa shape index (κ1) is 17.0. The summed E-state index contributed by atoms with van der Waals surface area (Å²) in [7, 11) is -3.81. The number of rotatable bonds is 6. The Kier molecular flexibility index (Phi) is 5.28. The molecule has 0 aromatic heterocycles. The number of amides is 1. The Morgan fingerprint density at radius 3 is 2.91 bits per heavy atom. The molecule has 7 nitrogen and oxygen atoms in total. The van der Waals surface area contributed by atoms with Gasteiger partial charge in [-0.2, -0.15) is 0 Å².